The topological polar surface area (TPSA) is 96.8 Å². The van der Waals surface area contributed by atoms with Gasteiger partial charge in [-0.15, -0.1) is 0 Å². The van der Waals surface area contributed by atoms with E-state index in [9.17, 15) is 9.59 Å². The van der Waals surface area contributed by atoms with Crippen molar-refractivity contribution in [1.82, 2.24) is 24.4 Å². The molecular formula is C18H26N6O2. The van der Waals surface area contributed by atoms with Crippen molar-refractivity contribution >= 4 is 17.5 Å². The average Bonchev–Trinajstić information content (AvgIpc) is 3.08. The van der Waals surface area contributed by atoms with E-state index in [1.54, 1.807) is 15.6 Å². The Balaban J connectivity index is 1.86. The number of nitrogens with zero attached hydrogens (tertiary/aromatic N) is 5. The highest BCUT2D eigenvalue weighted by Gasteiger charge is 2.32. The van der Waals surface area contributed by atoms with Gasteiger partial charge in [0.2, 0.25) is 5.91 Å². The summed E-state index contributed by atoms with van der Waals surface area (Å²) in [5.74, 6) is -0.684. The molecule has 0 radical (unpaired) electrons. The van der Waals surface area contributed by atoms with Crippen molar-refractivity contribution in [3.63, 3.8) is 0 Å². The fourth-order valence-electron chi connectivity index (χ4n) is 3.48. The minimum Gasteiger partial charge on any atom is -0.368 e. The number of carbonyl (C=O) groups excluding carboxylic acids is 2. The molecule has 2 N–H and O–H groups in total. The molecule has 3 rings (SSSR count). The van der Waals surface area contributed by atoms with Crippen LogP contribution >= 0.6 is 0 Å². The lowest BCUT2D eigenvalue weighted by Crippen LogP contribution is -2.50. The SMILES string of the molecule is CCN(CC)Cc1cnc2c(C(=O)N3CCCC[C@H]3C(N)=O)cnn2c1. The van der Waals surface area contributed by atoms with Crippen LogP contribution in [0.2, 0.25) is 0 Å². The second-order valence-corrected chi connectivity index (χ2v) is 6.66. The Morgan fingerprint density at radius 2 is 2.04 bits per heavy atom. The van der Waals surface area contributed by atoms with Gasteiger partial charge in [-0.05, 0) is 32.4 Å². The molecular weight excluding hydrogens is 332 g/mol. The number of carbonyl (C=O) groups is 2. The zero-order valence-electron chi connectivity index (χ0n) is 15.4. The van der Waals surface area contributed by atoms with Crippen LogP contribution in [0.1, 0.15) is 49.0 Å². The highest BCUT2D eigenvalue weighted by Crippen LogP contribution is 2.21. The number of rotatable bonds is 6. The Hall–Kier alpha value is -2.48. The Morgan fingerprint density at radius 1 is 1.27 bits per heavy atom. The largest absolute Gasteiger partial charge is 0.368 e. The van der Waals surface area contributed by atoms with Crippen molar-refractivity contribution in [2.45, 2.75) is 45.7 Å². The number of likely N-dealkylation sites (tertiary alicyclic amines) is 1. The Kier molecular flexibility index (Phi) is 5.51. The number of nitrogens with two attached hydrogens (primary N) is 1. The molecule has 0 bridgehead atoms. The second kappa shape index (κ2) is 7.82. The third-order valence-corrected chi connectivity index (χ3v) is 5.03. The molecule has 1 aliphatic rings. The number of primary amides is 1. The molecule has 1 saturated heterocycles. The maximum Gasteiger partial charge on any atom is 0.260 e. The molecule has 0 aromatic carbocycles. The van der Waals surface area contributed by atoms with E-state index in [2.05, 4.69) is 28.8 Å². The lowest BCUT2D eigenvalue weighted by Gasteiger charge is -2.33. The normalized spacial score (nSPS) is 17.8. The Morgan fingerprint density at radius 3 is 2.73 bits per heavy atom. The van der Waals surface area contributed by atoms with Crippen LogP contribution in [0.4, 0.5) is 0 Å². The van der Waals surface area contributed by atoms with Gasteiger partial charge in [0.15, 0.2) is 5.65 Å². The van der Waals surface area contributed by atoms with Gasteiger partial charge in [-0.3, -0.25) is 14.5 Å². The van der Waals surface area contributed by atoms with Crippen LogP contribution in [0.3, 0.4) is 0 Å². The molecule has 1 fully saturated rings. The first kappa shape index (κ1) is 18.3. The number of fused-ring (bicyclic) bond motifs is 1. The molecule has 0 saturated carbocycles. The molecule has 8 heteroatoms. The van der Waals surface area contributed by atoms with E-state index in [1.807, 2.05) is 6.20 Å². The number of hydrogen-bond donors (Lipinski definition) is 1. The monoisotopic (exact) mass is 358 g/mol. The summed E-state index contributed by atoms with van der Waals surface area (Å²) in [7, 11) is 0. The van der Waals surface area contributed by atoms with Gasteiger partial charge in [-0.1, -0.05) is 13.8 Å². The first-order chi connectivity index (χ1) is 12.5. The van der Waals surface area contributed by atoms with Gasteiger partial charge in [-0.25, -0.2) is 9.50 Å². The van der Waals surface area contributed by atoms with Crippen molar-refractivity contribution < 1.29 is 9.59 Å². The minimum atomic E-state index is -0.548. The van der Waals surface area contributed by atoms with Crippen molar-refractivity contribution in [3.8, 4) is 0 Å². The second-order valence-electron chi connectivity index (χ2n) is 6.66. The molecule has 0 aliphatic carbocycles. The molecule has 1 atom stereocenters. The van der Waals surface area contributed by atoms with Gasteiger partial charge < -0.3 is 10.6 Å². The van der Waals surface area contributed by atoms with Gasteiger partial charge in [-0.2, -0.15) is 5.10 Å². The smallest absolute Gasteiger partial charge is 0.260 e. The lowest BCUT2D eigenvalue weighted by atomic mass is 10.0. The molecule has 2 aromatic heterocycles. The third-order valence-electron chi connectivity index (χ3n) is 5.03. The van der Waals surface area contributed by atoms with Gasteiger partial charge >= 0.3 is 0 Å². The van der Waals surface area contributed by atoms with Crippen LogP contribution in [-0.4, -0.2) is 61.9 Å². The maximum absolute atomic E-state index is 13.0. The quantitative estimate of drug-likeness (QED) is 0.832. The average molecular weight is 358 g/mol. The summed E-state index contributed by atoms with van der Waals surface area (Å²) < 4.78 is 1.63. The zero-order valence-corrected chi connectivity index (χ0v) is 15.4. The summed E-state index contributed by atoms with van der Waals surface area (Å²) in [6.07, 6.45) is 7.60. The highest BCUT2D eigenvalue weighted by molar-refractivity contribution is 6.01. The van der Waals surface area contributed by atoms with Crippen LogP contribution in [-0.2, 0) is 11.3 Å². The predicted molar refractivity (Wildman–Crippen MR) is 97.5 cm³/mol. The van der Waals surface area contributed by atoms with Crippen molar-refractivity contribution in [1.29, 1.82) is 0 Å². The van der Waals surface area contributed by atoms with Gasteiger partial charge in [0.05, 0.1) is 6.20 Å². The minimum absolute atomic E-state index is 0.229. The van der Waals surface area contributed by atoms with Crippen molar-refractivity contribution in [3.05, 3.63) is 29.7 Å². The van der Waals surface area contributed by atoms with Crippen molar-refractivity contribution in [2.24, 2.45) is 5.73 Å². The summed E-state index contributed by atoms with van der Waals surface area (Å²) in [5.41, 5.74) is 7.43. The summed E-state index contributed by atoms with van der Waals surface area (Å²) in [5, 5.41) is 4.30. The first-order valence-electron chi connectivity index (χ1n) is 9.20. The van der Waals surface area contributed by atoms with E-state index in [1.165, 1.54) is 6.20 Å². The Bertz CT molecular complexity index is 798. The predicted octanol–water partition coefficient (Wildman–Crippen LogP) is 1.05. The van der Waals surface area contributed by atoms with E-state index in [4.69, 9.17) is 5.73 Å². The molecule has 2 amide bonds. The molecule has 0 spiro atoms. The van der Waals surface area contributed by atoms with Gasteiger partial charge in [0.25, 0.3) is 5.91 Å². The van der Waals surface area contributed by atoms with E-state index in [-0.39, 0.29) is 5.91 Å². The molecule has 0 unspecified atom stereocenters. The fraction of sp³-hybridized carbons (Fsp3) is 0.556. The summed E-state index contributed by atoms with van der Waals surface area (Å²) in [6.45, 7) is 7.47. The van der Waals surface area contributed by atoms with E-state index >= 15 is 0 Å². The maximum atomic E-state index is 13.0. The summed E-state index contributed by atoms with van der Waals surface area (Å²) in [6, 6.07) is -0.548. The van der Waals surface area contributed by atoms with Crippen LogP contribution in [0, 0.1) is 0 Å². The van der Waals surface area contributed by atoms with Crippen LogP contribution in [0.25, 0.3) is 5.65 Å². The molecule has 1 aliphatic heterocycles. The van der Waals surface area contributed by atoms with E-state index in [0.29, 0.717) is 24.2 Å². The van der Waals surface area contributed by atoms with E-state index in [0.717, 1.165) is 38.0 Å². The van der Waals surface area contributed by atoms with Crippen molar-refractivity contribution in [2.75, 3.05) is 19.6 Å². The zero-order chi connectivity index (χ0) is 18.7. The van der Waals surface area contributed by atoms with Crippen LogP contribution in [0.5, 0.6) is 0 Å². The number of amides is 2. The Labute approximate surface area is 153 Å². The van der Waals surface area contributed by atoms with Crippen LogP contribution < -0.4 is 5.73 Å². The van der Waals surface area contributed by atoms with Crippen LogP contribution in [0.15, 0.2) is 18.6 Å². The first-order valence-corrected chi connectivity index (χ1v) is 9.20. The summed E-state index contributed by atoms with van der Waals surface area (Å²) in [4.78, 5) is 33.0. The van der Waals surface area contributed by atoms with Gasteiger partial charge in [0, 0.05) is 31.0 Å². The van der Waals surface area contributed by atoms with Gasteiger partial charge in [0.1, 0.15) is 11.6 Å². The highest BCUT2D eigenvalue weighted by atomic mass is 16.2. The number of aromatic nitrogens is 3. The molecule has 2 aromatic rings. The molecule has 8 nitrogen and oxygen atoms in total. The molecule has 3 heterocycles. The molecule has 140 valence electrons. The fourth-order valence-corrected chi connectivity index (χ4v) is 3.48. The summed E-state index contributed by atoms with van der Waals surface area (Å²) >= 11 is 0. The lowest BCUT2D eigenvalue weighted by molar-refractivity contribution is -0.123. The molecule has 26 heavy (non-hydrogen) atoms. The number of hydrogen-bond acceptors (Lipinski definition) is 5. The van der Waals surface area contributed by atoms with E-state index < -0.39 is 11.9 Å². The third kappa shape index (κ3) is 3.55. The standard InChI is InChI=1S/C18H26N6O2/c1-3-22(4-2)11-13-9-20-17-14(10-21-24(17)12-13)18(26)23-8-6-5-7-15(23)16(19)25/h9-10,12,15H,3-8,11H2,1-2H3,(H2,19,25)/t15-/m0/s1. The number of piperidine rings is 1.